The number of ether oxygens (including phenoxy) is 1. The first kappa shape index (κ1) is 22.2. The second-order valence-corrected chi connectivity index (χ2v) is 11.9. The molecule has 3 aromatic rings. The lowest BCUT2D eigenvalue weighted by Gasteiger charge is -2.47. The molecule has 0 saturated heterocycles. The van der Waals surface area contributed by atoms with Crippen LogP contribution in [0.1, 0.15) is 23.1 Å². The minimum absolute atomic E-state index is 0.219. The lowest BCUT2D eigenvalue weighted by Crippen LogP contribution is -2.59. The monoisotopic (exact) mass is 418 g/mol. The minimum Gasteiger partial charge on any atom is -0.414 e. The van der Waals surface area contributed by atoms with Gasteiger partial charge in [-0.2, -0.15) is 0 Å². The van der Waals surface area contributed by atoms with Crippen LogP contribution in [-0.4, -0.2) is 34.0 Å². The maximum absolute atomic E-state index is 10.9. The van der Waals surface area contributed by atoms with Crippen molar-refractivity contribution in [2.75, 3.05) is 13.7 Å². The molecule has 0 fully saturated rings. The molecule has 0 unspecified atom stereocenters. The lowest BCUT2D eigenvalue weighted by atomic mass is 9.69. The molecular weight excluding hydrogens is 388 g/mol. The molecule has 3 nitrogen and oxygen atoms in total. The summed E-state index contributed by atoms with van der Waals surface area (Å²) >= 11 is 0. The molecule has 4 heteroatoms. The van der Waals surface area contributed by atoms with Crippen LogP contribution in [0.15, 0.2) is 91.0 Å². The third-order valence-electron chi connectivity index (χ3n) is 5.66. The zero-order chi connectivity index (χ0) is 21.5. The Balaban J connectivity index is 2.31. The number of rotatable bonds is 10. The standard InChI is InChI=1S/C26H30O3Si/c1-28-25(30(2,3)29-21-13-20-27)26(22-14-7-4-8-15-22,23-16-9-5-10-17-23)24-18-11-6-12-19-24/h4-12,14-20,25H,13,21H2,1-3H3/t25-/m0/s1. The van der Waals surface area contributed by atoms with Crippen molar-refractivity contribution in [2.45, 2.75) is 30.7 Å². The summed E-state index contributed by atoms with van der Waals surface area (Å²) in [4.78, 5) is 10.9. The third kappa shape index (κ3) is 4.31. The van der Waals surface area contributed by atoms with Crippen LogP contribution < -0.4 is 0 Å². The highest BCUT2D eigenvalue weighted by atomic mass is 28.4. The van der Waals surface area contributed by atoms with Crippen LogP contribution >= 0.6 is 0 Å². The Kier molecular flexibility index (Phi) is 7.37. The van der Waals surface area contributed by atoms with Crippen LogP contribution in [0.2, 0.25) is 13.1 Å². The molecule has 1 atom stereocenters. The van der Waals surface area contributed by atoms with Crippen molar-refractivity contribution >= 4 is 14.6 Å². The SMILES string of the molecule is CO[C@H](C(c1ccccc1)(c1ccccc1)c1ccccc1)[Si](C)(C)OCCC=O. The van der Waals surface area contributed by atoms with Gasteiger partial charge in [-0.25, -0.2) is 0 Å². The van der Waals surface area contributed by atoms with Crippen molar-refractivity contribution in [1.29, 1.82) is 0 Å². The summed E-state index contributed by atoms with van der Waals surface area (Å²) in [5.74, 6) is 0. The van der Waals surface area contributed by atoms with E-state index in [1.807, 2.05) is 18.2 Å². The van der Waals surface area contributed by atoms with Gasteiger partial charge in [0.25, 0.3) is 0 Å². The number of hydrogen-bond acceptors (Lipinski definition) is 3. The fourth-order valence-corrected chi connectivity index (χ4v) is 7.39. The number of aldehydes is 1. The fraction of sp³-hybridized carbons (Fsp3) is 0.269. The number of methoxy groups -OCH3 is 1. The van der Waals surface area contributed by atoms with Crippen molar-refractivity contribution < 1.29 is 14.0 Å². The van der Waals surface area contributed by atoms with E-state index in [0.29, 0.717) is 13.0 Å². The van der Waals surface area contributed by atoms with Gasteiger partial charge in [0.15, 0.2) is 0 Å². The van der Waals surface area contributed by atoms with Gasteiger partial charge in [-0.15, -0.1) is 0 Å². The van der Waals surface area contributed by atoms with Crippen LogP contribution in [0.5, 0.6) is 0 Å². The van der Waals surface area contributed by atoms with Crippen molar-refractivity contribution in [3.05, 3.63) is 108 Å². The molecule has 0 saturated carbocycles. The van der Waals surface area contributed by atoms with Gasteiger partial charge in [-0.05, 0) is 29.8 Å². The maximum atomic E-state index is 10.9. The first-order valence-electron chi connectivity index (χ1n) is 10.3. The topological polar surface area (TPSA) is 35.5 Å². The van der Waals surface area contributed by atoms with Crippen LogP contribution in [0.3, 0.4) is 0 Å². The lowest BCUT2D eigenvalue weighted by molar-refractivity contribution is -0.108. The van der Waals surface area contributed by atoms with Gasteiger partial charge < -0.3 is 14.0 Å². The third-order valence-corrected chi connectivity index (χ3v) is 8.54. The van der Waals surface area contributed by atoms with E-state index in [4.69, 9.17) is 9.16 Å². The maximum Gasteiger partial charge on any atom is 0.216 e. The number of carbonyl (C=O) groups is 1. The second kappa shape index (κ2) is 9.98. The van der Waals surface area contributed by atoms with Gasteiger partial charge in [-0.3, -0.25) is 0 Å². The first-order chi connectivity index (χ1) is 14.6. The normalized spacial score (nSPS) is 13.0. The van der Waals surface area contributed by atoms with Gasteiger partial charge in [0.2, 0.25) is 8.32 Å². The highest BCUT2D eigenvalue weighted by molar-refractivity contribution is 6.73. The summed E-state index contributed by atoms with van der Waals surface area (Å²) in [7, 11) is -0.665. The molecular formula is C26H30O3Si. The molecule has 0 aliphatic carbocycles. The van der Waals surface area contributed by atoms with Crippen LogP contribution in [-0.2, 0) is 19.4 Å². The highest BCUT2D eigenvalue weighted by Gasteiger charge is 2.52. The van der Waals surface area contributed by atoms with Crippen LogP contribution in [0, 0.1) is 0 Å². The van der Waals surface area contributed by atoms with E-state index in [1.165, 1.54) is 0 Å². The Labute approximate surface area is 180 Å². The average molecular weight is 419 g/mol. The molecule has 0 aromatic heterocycles. The molecule has 0 radical (unpaired) electrons. The molecule has 0 bridgehead atoms. The molecule has 156 valence electrons. The van der Waals surface area contributed by atoms with Gasteiger partial charge in [0.1, 0.15) is 6.29 Å². The quantitative estimate of drug-likeness (QED) is 0.192. The first-order valence-corrected chi connectivity index (χ1v) is 13.3. The largest absolute Gasteiger partial charge is 0.414 e. The summed E-state index contributed by atoms with van der Waals surface area (Å²) in [6.07, 6.45) is 1.30. The molecule has 0 spiro atoms. The molecule has 0 heterocycles. The van der Waals surface area contributed by atoms with Gasteiger partial charge in [0, 0.05) is 20.1 Å². The summed E-state index contributed by atoms with van der Waals surface area (Å²) in [5.41, 5.74) is 2.72. The Morgan fingerprint density at radius 3 is 1.53 bits per heavy atom. The Hall–Kier alpha value is -2.53. The Morgan fingerprint density at radius 1 is 0.800 bits per heavy atom. The smallest absolute Gasteiger partial charge is 0.216 e. The van der Waals surface area contributed by atoms with Crippen LogP contribution in [0.4, 0.5) is 0 Å². The van der Waals surface area contributed by atoms with E-state index >= 15 is 0 Å². The van der Waals surface area contributed by atoms with Crippen molar-refractivity contribution in [2.24, 2.45) is 0 Å². The van der Waals surface area contributed by atoms with E-state index in [2.05, 4.69) is 85.9 Å². The zero-order valence-electron chi connectivity index (χ0n) is 18.0. The predicted molar refractivity (Wildman–Crippen MR) is 124 cm³/mol. The van der Waals surface area contributed by atoms with E-state index in [-0.39, 0.29) is 5.73 Å². The second-order valence-electron chi connectivity index (χ2n) is 7.93. The summed E-state index contributed by atoms with van der Waals surface area (Å²) in [5, 5.41) is 0. The van der Waals surface area contributed by atoms with Gasteiger partial charge in [0.05, 0.1) is 11.1 Å². The molecule has 3 rings (SSSR count). The van der Waals surface area contributed by atoms with Crippen molar-refractivity contribution in [3.8, 4) is 0 Å². The minimum atomic E-state index is -2.43. The number of benzene rings is 3. The highest BCUT2D eigenvalue weighted by Crippen LogP contribution is 2.46. The van der Waals surface area contributed by atoms with Gasteiger partial charge >= 0.3 is 0 Å². The van der Waals surface area contributed by atoms with Gasteiger partial charge in [-0.1, -0.05) is 91.0 Å². The van der Waals surface area contributed by atoms with Crippen molar-refractivity contribution in [1.82, 2.24) is 0 Å². The molecule has 0 amide bonds. The molecule has 0 N–H and O–H groups in total. The fourth-order valence-electron chi connectivity index (χ4n) is 4.49. The number of carbonyl (C=O) groups excluding carboxylic acids is 1. The molecule has 0 aliphatic rings. The van der Waals surface area contributed by atoms with Crippen molar-refractivity contribution in [3.63, 3.8) is 0 Å². The summed E-state index contributed by atoms with van der Waals surface area (Å²) in [6.45, 7) is 4.77. The molecule has 30 heavy (non-hydrogen) atoms. The molecule has 0 aliphatic heterocycles. The predicted octanol–water partition coefficient (Wildman–Crippen LogP) is 5.39. The average Bonchev–Trinajstić information content (AvgIpc) is 2.79. The number of hydrogen-bond donors (Lipinski definition) is 0. The zero-order valence-corrected chi connectivity index (χ0v) is 19.0. The molecule has 3 aromatic carbocycles. The Morgan fingerprint density at radius 2 is 1.20 bits per heavy atom. The van der Waals surface area contributed by atoms with E-state index in [1.54, 1.807) is 7.11 Å². The van der Waals surface area contributed by atoms with Crippen LogP contribution in [0.25, 0.3) is 0 Å². The summed E-state index contributed by atoms with van der Waals surface area (Å²) < 4.78 is 12.7. The van der Waals surface area contributed by atoms with E-state index < -0.39 is 13.7 Å². The van der Waals surface area contributed by atoms with E-state index in [9.17, 15) is 4.79 Å². The Bertz CT molecular complexity index is 814. The van der Waals surface area contributed by atoms with E-state index in [0.717, 1.165) is 23.0 Å². The summed E-state index contributed by atoms with van der Waals surface area (Å²) in [6, 6.07) is 31.6.